The van der Waals surface area contributed by atoms with E-state index in [1.54, 1.807) is 6.92 Å². The predicted octanol–water partition coefficient (Wildman–Crippen LogP) is 1.63. The largest absolute Gasteiger partial charge is 0.465 e. The van der Waals surface area contributed by atoms with Gasteiger partial charge in [-0.05, 0) is 33.2 Å². The van der Waals surface area contributed by atoms with Gasteiger partial charge in [0.1, 0.15) is 5.56 Å². The van der Waals surface area contributed by atoms with Crippen LogP contribution >= 0.6 is 0 Å². The number of ether oxygens (including phenoxy) is 1. The SMILES string of the molecule is COC(=O)c1c(C)noc1C1CCNC(C)C1. The summed E-state index contributed by atoms with van der Waals surface area (Å²) in [5.74, 6) is 0.578. The molecule has 0 radical (unpaired) electrons. The number of rotatable bonds is 2. The maximum Gasteiger partial charge on any atom is 0.343 e. The number of nitrogens with one attached hydrogen (secondary N) is 1. The fraction of sp³-hybridized carbons (Fsp3) is 0.667. The Balaban J connectivity index is 2.28. The van der Waals surface area contributed by atoms with E-state index in [4.69, 9.17) is 9.26 Å². The Morgan fingerprint density at radius 2 is 2.35 bits per heavy atom. The Morgan fingerprint density at radius 1 is 1.59 bits per heavy atom. The molecular weight excluding hydrogens is 220 g/mol. The molecule has 0 spiro atoms. The molecule has 5 heteroatoms. The summed E-state index contributed by atoms with van der Waals surface area (Å²) in [6.07, 6.45) is 1.92. The Labute approximate surface area is 101 Å². The highest BCUT2D eigenvalue weighted by atomic mass is 16.5. The molecule has 2 heterocycles. The first-order valence-corrected chi connectivity index (χ1v) is 5.91. The predicted molar refractivity (Wildman–Crippen MR) is 62.0 cm³/mol. The molecule has 5 nitrogen and oxygen atoms in total. The number of nitrogens with zero attached hydrogens (tertiary/aromatic N) is 1. The maximum atomic E-state index is 11.7. The van der Waals surface area contributed by atoms with Crippen LogP contribution in [0.15, 0.2) is 4.52 Å². The molecule has 1 N–H and O–H groups in total. The van der Waals surface area contributed by atoms with Crippen LogP contribution in [0.4, 0.5) is 0 Å². The highest BCUT2D eigenvalue weighted by Crippen LogP contribution is 2.31. The lowest BCUT2D eigenvalue weighted by Crippen LogP contribution is -2.35. The van der Waals surface area contributed by atoms with Gasteiger partial charge in [-0.1, -0.05) is 5.16 Å². The molecule has 94 valence electrons. The third-order valence-electron chi connectivity index (χ3n) is 3.27. The molecule has 0 amide bonds. The first-order valence-electron chi connectivity index (χ1n) is 5.91. The molecule has 1 aliphatic rings. The van der Waals surface area contributed by atoms with Gasteiger partial charge in [0.15, 0.2) is 5.76 Å². The molecule has 1 saturated heterocycles. The van der Waals surface area contributed by atoms with Gasteiger partial charge in [-0.3, -0.25) is 0 Å². The number of carbonyl (C=O) groups excluding carboxylic acids is 1. The molecule has 1 aromatic rings. The first-order chi connectivity index (χ1) is 8.13. The summed E-state index contributed by atoms with van der Waals surface area (Å²) >= 11 is 0. The molecule has 0 aromatic carbocycles. The minimum absolute atomic E-state index is 0.251. The topological polar surface area (TPSA) is 64.4 Å². The minimum Gasteiger partial charge on any atom is -0.465 e. The normalized spacial score (nSPS) is 24.6. The lowest BCUT2D eigenvalue weighted by atomic mass is 9.89. The van der Waals surface area contributed by atoms with Gasteiger partial charge in [0.25, 0.3) is 0 Å². The smallest absolute Gasteiger partial charge is 0.343 e. The number of hydrogen-bond donors (Lipinski definition) is 1. The van der Waals surface area contributed by atoms with E-state index in [1.807, 2.05) is 0 Å². The van der Waals surface area contributed by atoms with E-state index >= 15 is 0 Å². The van der Waals surface area contributed by atoms with Crippen molar-refractivity contribution in [3.8, 4) is 0 Å². The zero-order valence-corrected chi connectivity index (χ0v) is 10.4. The molecule has 17 heavy (non-hydrogen) atoms. The molecular formula is C12H18N2O3. The standard InChI is InChI=1S/C12H18N2O3/c1-7-6-9(4-5-13-7)11-10(12(15)16-3)8(2)14-17-11/h7,9,13H,4-6H2,1-3H3. The van der Waals surface area contributed by atoms with Crippen molar-refractivity contribution in [2.45, 2.75) is 38.6 Å². The fourth-order valence-corrected chi connectivity index (χ4v) is 2.39. The second kappa shape index (κ2) is 4.87. The highest BCUT2D eigenvalue weighted by molar-refractivity contribution is 5.91. The van der Waals surface area contributed by atoms with Crippen LogP contribution in [-0.2, 0) is 4.74 Å². The summed E-state index contributed by atoms with van der Waals surface area (Å²) in [5.41, 5.74) is 1.12. The third kappa shape index (κ3) is 2.34. The van der Waals surface area contributed by atoms with Crippen LogP contribution in [0.5, 0.6) is 0 Å². The number of hydrogen-bond acceptors (Lipinski definition) is 5. The van der Waals surface area contributed by atoms with Gasteiger partial charge >= 0.3 is 5.97 Å². The van der Waals surface area contributed by atoms with Gasteiger partial charge in [0.05, 0.1) is 12.8 Å². The zero-order chi connectivity index (χ0) is 12.4. The summed E-state index contributed by atoms with van der Waals surface area (Å²) < 4.78 is 10.1. The second-order valence-corrected chi connectivity index (χ2v) is 4.58. The Bertz CT molecular complexity index is 414. The number of piperidine rings is 1. The Morgan fingerprint density at radius 3 is 3.00 bits per heavy atom. The minimum atomic E-state index is -0.357. The Kier molecular flexibility index (Phi) is 3.47. The van der Waals surface area contributed by atoms with Crippen molar-refractivity contribution in [2.75, 3.05) is 13.7 Å². The van der Waals surface area contributed by atoms with Crippen LogP contribution in [-0.4, -0.2) is 30.8 Å². The van der Waals surface area contributed by atoms with E-state index in [0.717, 1.165) is 19.4 Å². The van der Waals surface area contributed by atoms with Crippen LogP contribution in [0.2, 0.25) is 0 Å². The van der Waals surface area contributed by atoms with E-state index < -0.39 is 0 Å². The lowest BCUT2D eigenvalue weighted by Gasteiger charge is -2.26. The van der Waals surface area contributed by atoms with Crippen LogP contribution in [0.25, 0.3) is 0 Å². The first kappa shape index (κ1) is 12.1. The van der Waals surface area contributed by atoms with Gasteiger partial charge in [0.2, 0.25) is 0 Å². The van der Waals surface area contributed by atoms with Crippen molar-refractivity contribution >= 4 is 5.97 Å². The van der Waals surface area contributed by atoms with Crippen molar-refractivity contribution in [1.82, 2.24) is 10.5 Å². The summed E-state index contributed by atoms with van der Waals surface area (Å²) in [6.45, 7) is 4.84. The molecule has 1 aliphatic heterocycles. The molecule has 0 saturated carbocycles. The number of carbonyl (C=O) groups is 1. The van der Waals surface area contributed by atoms with Crippen molar-refractivity contribution in [2.24, 2.45) is 0 Å². The molecule has 2 atom stereocenters. The summed E-state index contributed by atoms with van der Waals surface area (Å²) in [6, 6.07) is 0.435. The number of methoxy groups -OCH3 is 1. The third-order valence-corrected chi connectivity index (χ3v) is 3.27. The molecule has 1 fully saturated rings. The highest BCUT2D eigenvalue weighted by Gasteiger charge is 2.30. The van der Waals surface area contributed by atoms with E-state index in [0.29, 0.717) is 23.1 Å². The number of aromatic nitrogens is 1. The van der Waals surface area contributed by atoms with Gasteiger partial charge in [0, 0.05) is 12.0 Å². The fourth-order valence-electron chi connectivity index (χ4n) is 2.39. The molecule has 1 aromatic heterocycles. The van der Waals surface area contributed by atoms with E-state index in [-0.39, 0.29) is 11.9 Å². The number of aryl methyl sites for hydroxylation is 1. The Hall–Kier alpha value is -1.36. The van der Waals surface area contributed by atoms with Crippen LogP contribution < -0.4 is 5.32 Å². The van der Waals surface area contributed by atoms with Crippen molar-refractivity contribution in [3.05, 3.63) is 17.0 Å². The van der Waals surface area contributed by atoms with Crippen LogP contribution in [0.3, 0.4) is 0 Å². The van der Waals surface area contributed by atoms with E-state index in [1.165, 1.54) is 7.11 Å². The number of esters is 1. The van der Waals surface area contributed by atoms with Crippen molar-refractivity contribution in [3.63, 3.8) is 0 Å². The van der Waals surface area contributed by atoms with Crippen molar-refractivity contribution in [1.29, 1.82) is 0 Å². The quantitative estimate of drug-likeness (QED) is 0.793. The maximum absolute atomic E-state index is 11.7. The van der Waals surface area contributed by atoms with Gasteiger partial charge in [-0.15, -0.1) is 0 Å². The van der Waals surface area contributed by atoms with E-state index in [9.17, 15) is 4.79 Å². The van der Waals surface area contributed by atoms with Crippen LogP contribution in [0, 0.1) is 6.92 Å². The molecule has 2 unspecified atom stereocenters. The average Bonchev–Trinajstić information content (AvgIpc) is 2.70. The summed E-state index contributed by atoms with van der Waals surface area (Å²) in [7, 11) is 1.38. The molecule has 2 rings (SSSR count). The van der Waals surface area contributed by atoms with Gasteiger partial charge < -0.3 is 14.6 Å². The summed E-state index contributed by atoms with van der Waals surface area (Å²) in [5, 5.41) is 7.26. The summed E-state index contributed by atoms with van der Waals surface area (Å²) in [4.78, 5) is 11.7. The molecule has 0 aliphatic carbocycles. The van der Waals surface area contributed by atoms with E-state index in [2.05, 4.69) is 17.4 Å². The van der Waals surface area contributed by atoms with Crippen molar-refractivity contribution < 1.29 is 14.1 Å². The average molecular weight is 238 g/mol. The molecule has 0 bridgehead atoms. The van der Waals surface area contributed by atoms with Crippen LogP contribution in [0.1, 0.15) is 47.5 Å². The lowest BCUT2D eigenvalue weighted by molar-refractivity contribution is 0.0596. The van der Waals surface area contributed by atoms with Gasteiger partial charge in [-0.25, -0.2) is 4.79 Å². The monoisotopic (exact) mass is 238 g/mol. The zero-order valence-electron chi connectivity index (χ0n) is 10.4. The van der Waals surface area contributed by atoms with Gasteiger partial charge in [-0.2, -0.15) is 0 Å². The second-order valence-electron chi connectivity index (χ2n) is 4.58.